The van der Waals surface area contributed by atoms with Gasteiger partial charge < -0.3 is 0 Å². The molecule has 0 saturated carbocycles. The third-order valence-corrected chi connectivity index (χ3v) is 7.23. The monoisotopic (exact) mass is 403 g/mol. The number of allylic oxidation sites excluding steroid dienone is 1. The largest absolute Gasteiger partial charge is 0.243 e. The van der Waals surface area contributed by atoms with Gasteiger partial charge in [0.05, 0.1) is 4.90 Å². The lowest BCUT2D eigenvalue weighted by molar-refractivity contribution is 0.441. The Morgan fingerprint density at radius 1 is 0.759 bits per heavy atom. The molecule has 148 valence electrons. The lowest BCUT2D eigenvalue weighted by Gasteiger charge is -2.24. The molecule has 0 atom stereocenters. The minimum Gasteiger partial charge on any atom is -0.207 e. The summed E-state index contributed by atoms with van der Waals surface area (Å²) in [6, 6.07) is 25.3. The fourth-order valence-corrected chi connectivity index (χ4v) is 5.14. The summed E-state index contributed by atoms with van der Waals surface area (Å²) in [7, 11) is -3.63. The normalized spacial score (nSPS) is 17.3. The Bertz CT molecular complexity index is 1120. The van der Waals surface area contributed by atoms with Gasteiger partial charge in [0.2, 0.25) is 10.0 Å². The molecule has 0 N–H and O–H groups in total. The van der Waals surface area contributed by atoms with E-state index in [-0.39, 0.29) is 0 Å². The zero-order valence-corrected chi connectivity index (χ0v) is 17.4. The number of benzene rings is 3. The Balaban J connectivity index is 1.79. The maximum absolute atomic E-state index is 13.6. The summed E-state index contributed by atoms with van der Waals surface area (Å²) in [4.78, 5) is 0.340. The molecule has 0 aliphatic carbocycles. The zero-order valence-electron chi connectivity index (χ0n) is 16.6. The van der Waals surface area contributed by atoms with E-state index in [1.165, 1.54) is 5.56 Å². The van der Waals surface area contributed by atoms with Crippen molar-refractivity contribution in [2.24, 2.45) is 0 Å². The molecule has 0 radical (unpaired) electrons. The molecule has 0 fully saturated rings. The van der Waals surface area contributed by atoms with Crippen LogP contribution in [0.1, 0.15) is 28.7 Å². The van der Waals surface area contributed by atoms with Crippen molar-refractivity contribution in [3.05, 3.63) is 107 Å². The van der Waals surface area contributed by atoms with Crippen molar-refractivity contribution >= 4 is 15.6 Å². The molecule has 0 aromatic heterocycles. The van der Waals surface area contributed by atoms with Crippen LogP contribution in [0.4, 0.5) is 0 Å². The molecule has 1 aliphatic rings. The molecule has 29 heavy (non-hydrogen) atoms. The summed E-state index contributed by atoms with van der Waals surface area (Å²) in [6.45, 7) is 2.69. The molecule has 0 bridgehead atoms. The van der Waals surface area contributed by atoms with Gasteiger partial charge in [-0.1, -0.05) is 78.4 Å². The van der Waals surface area contributed by atoms with Gasteiger partial charge in [0.25, 0.3) is 0 Å². The van der Waals surface area contributed by atoms with Crippen LogP contribution in [0.2, 0.25) is 0 Å². The van der Waals surface area contributed by atoms with Gasteiger partial charge in [-0.3, -0.25) is 0 Å². The first-order valence-corrected chi connectivity index (χ1v) is 11.4. The van der Waals surface area contributed by atoms with Gasteiger partial charge in [-0.05, 0) is 54.2 Å². The summed E-state index contributed by atoms with van der Waals surface area (Å²) in [5, 5.41) is 0. The highest BCUT2D eigenvalue weighted by Crippen LogP contribution is 2.27. The standard InChI is InChI=1S/C25H25NO2S/c1-20-14-16-25(17-15-20)29(27,28)26-18-23-11-6-5-10-22(23)12-7-13-24(19-26)21-8-3-2-4-9-21/h2-6,8-11,13-17H,7,12,18-19H2,1H3/b24-13+. The second-order valence-electron chi connectivity index (χ2n) is 7.49. The predicted molar refractivity (Wildman–Crippen MR) is 118 cm³/mol. The van der Waals surface area contributed by atoms with Crippen LogP contribution in [-0.4, -0.2) is 19.3 Å². The number of nitrogens with zero attached hydrogens (tertiary/aromatic N) is 1. The van der Waals surface area contributed by atoms with Crippen molar-refractivity contribution in [1.29, 1.82) is 0 Å². The SMILES string of the molecule is Cc1ccc(S(=O)(=O)N2C/C(c3ccccc3)=C\CCc3ccccc3C2)cc1. The Morgan fingerprint density at radius 3 is 2.14 bits per heavy atom. The minimum absolute atomic E-state index is 0.340. The van der Waals surface area contributed by atoms with Crippen molar-refractivity contribution in [3.63, 3.8) is 0 Å². The smallest absolute Gasteiger partial charge is 0.207 e. The van der Waals surface area contributed by atoms with E-state index < -0.39 is 10.0 Å². The van der Waals surface area contributed by atoms with E-state index in [9.17, 15) is 8.42 Å². The van der Waals surface area contributed by atoms with Crippen LogP contribution >= 0.6 is 0 Å². The average molecular weight is 404 g/mol. The first-order chi connectivity index (χ1) is 14.0. The Kier molecular flexibility index (Phi) is 5.65. The quantitative estimate of drug-likeness (QED) is 0.602. The molecule has 1 aliphatic heterocycles. The number of rotatable bonds is 3. The van der Waals surface area contributed by atoms with Crippen LogP contribution in [0.3, 0.4) is 0 Å². The number of hydrogen-bond donors (Lipinski definition) is 0. The lowest BCUT2D eigenvalue weighted by Crippen LogP contribution is -2.32. The fourth-order valence-electron chi connectivity index (χ4n) is 3.75. The molecule has 0 unspecified atom stereocenters. The van der Waals surface area contributed by atoms with Crippen LogP contribution in [0.5, 0.6) is 0 Å². The van der Waals surface area contributed by atoms with E-state index in [4.69, 9.17) is 0 Å². The minimum atomic E-state index is -3.63. The van der Waals surface area contributed by atoms with Crippen molar-refractivity contribution in [1.82, 2.24) is 4.31 Å². The van der Waals surface area contributed by atoms with Gasteiger partial charge >= 0.3 is 0 Å². The van der Waals surface area contributed by atoms with Gasteiger partial charge in [0.15, 0.2) is 0 Å². The second-order valence-corrected chi connectivity index (χ2v) is 9.43. The predicted octanol–water partition coefficient (Wildman–Crippen LogP) is 5.22. The van der Waals surface area contributed by atoms with Crippen molar-refractivity contribution in [2.45, 2.75) is 31.2 Å². The number of sulfonamides is 1. The third-order valence-electron chi connectivity index (χ3n) is 5.42. The van der Waals surface area contributed by atoms with Crippen molar-refractivity contribution in [3.8, 4) is 0 Å². The first kappa shape index (κ1) is 19.6. The zero-order chi connectivity index (χ0) is 20.3. The summed E-state index contributed by atoms with van der Waals surface area (Å²) in [6.07, 6.45) is 3.99. The van der Waals surface area contributed by atoms with Crippen LogP contribution in [0.15, 0.2) is 89.8 Å². The van der Waals surface area contributed by atoms with Gasteiger partial charge in [-0.15, -0.1) is 0 Å². The first-order valence-electron chi connectivity index (χ1n) is 9.92. The number of hydrogen-bond acceptors (Lipinski definition) is 2. The second kappa shape index (κ2) is 8.36. The van der Waals surface area contributed by atoms with Gasteiger partial charge in [0, 0.05) is 13.1 Å². The van der Waals surface area contributed by atoms with Crippen molar-refractivity contribution < 1.29 is 8.42 Å². The molecular weight excluding hydrogens is 378 g/mol. The lowest BCUT2D eigenvalue weighted by atomic mass is 10.0. The number of fused-ring (bicyclic) bond motifs is 1. The summed E-state index contributed by atoms with van der Waals surface area (Å²) < 4.78 is 28.7. The highest BCUT2D eigenvalue weighted by Gasteiger charge is 2.27. The summed E-state index contributed by atoms with van der Waals surface area (Å²) >= 11 is 0. The number of aryl methyl sites for hydroxylation is 2. The van der Waals surface area contributed by atoms with E-state index >= 15 is 0 Å². The molecule has 0 saturated heterocycles. The van der Waals surface area contributed by atoms with E-state index in [0.717, 1.165) is 35.1 Å². The Hall–Kier alpha value is -2.69. The molecule has 3 nitrogen and oxygen atoms in total. The molecule has 4 heteroatoms. The summed E-state index contributed by atoms with van der Waals surface area (Å²) in [5.74, 6) is 0. The van der Waals surface area contributed by atoms with Gasteiger partial charge in [-0.2, -0.15) is 4.31 Å². The molecule has 3 aromatic rings. The van der Waals surface area contributed by atoms with E-state index in [2.05, 4.69) is 12.1 Å². The van der Waals surface area contributed by atoms with E-state index in [0.29, 0.717) is 18.0 Å². The maximum atomic E-state index is 13.6. The highest BCUT2D eigenvalue weighted by molar-refractivity contribution is 7.89. The van der Waals surface area contributed by atoms with Crippen LogP contribution < -0.4 is 0 Å². The fraction of sp³-hybridized carbons (Fsp3) is 0.200. The van der Waals surface area contributed by atoms with Crippen LogP contribution in [0.25, 0.3) is 5.57 Å². The van der Waals surface area contributed by atoms with Crippen molar-refractivity contribution in [2.75, 3.05) is 6.54 Å². The Labute approximate surface area is 173 Å². The van der Waals surface area contributed by atoms with Gasteiger partial charge in [-0.25, -0.2) is 8.42 Å². The van der Waals surface area contributed by atoms with Crippen LogP contribution in [-0.2, 0) is 23.0 Å². The highest BCUT2D eigenvalue weighted by atomic mass is 32.2. The van der Waals surface area contributed by atoms with E-state index in [1.54, 1.807) is 16.4 Å². The molecule has 0 spiro atoms. The molecule has 0 amide bonds. The molecule has 1 heterocycles. The van der Waals surface area contributed by atoms with E-state index in [1.807, 2.05) is 67.6 Å². The topological polar surface area (TPSA) is 37.4 Å². The Morgan fingerprint density at radius 2 is 1.41 bits per heavy atom. The van der Waals surface area contributed by atoms with Crippen LogP contribution in [0, 0.1) is 6.92 Å². The maximum Gasteiger partial charge on any atom is 0.243 e. The molecular formula is C25H25NO2S. The third kappa shape index (κ3) is 4.34. The summed E-state index contributed by atoms with van der Waals surface area (Å²) in [5.41, 5.74) is 5.45. The van der Waals surface area contributed by atoms with Gasteiger partial charge in [0.1, 0.15) is 0 Å². The average Bonchev–Trinajstić information content (AvgIpc) is 2.83. The molecule has 4 rings (SSSR count). The molecule has 3 aromatic carbocycles.